The molecule has 2 fully saturated rings. The molecule has 0 radical (unpaired) electrons. The Morgan fingerprint density at radius 2 is 1.71 bits per heavy atom. The van der Waals surface area contributed by atoms with Gasteiger partial charge in [-0.25, -0.2) is 0 Å². The summed E-state index contributed by atoms with van der Waals surface area (Å²) in [4.78, 5) is 2.33. The van der Waals surface area contributed by atoms with Crippen LogP contribution in [0.15, 0.2) is 0 Å². The van der Waals surface area contributed by atoms with Crippen molar-refractivity contribution in [2.45, 2.75) is 49.9 Å². The van der Waals surface area contributed by atoms with Crippen molar-refractivity contribution < 1.29 is 14.9 Å². The van der Waals surface area contributed by atoms with Crippen LogP contribution in [0.1, 0.15) is 13.8 Å². The second-order valence-corrected chi connectivity index (χ2v) is 11.5. The number of hydrogen-bond acceptors (Lipinski definition) is 4. The van der Waals surface area contributed by atoms with Gasteiger partial charge in [-0.05, 0) is 19.9 Å². The Labute approximate surface area is 105 Å². The van der Waals surface area contributed by atoms with Crippen molar-refractivity contribution in [3.8, 4) is 0 Å². The van der Waals surface area contributed by atoms with Crippen molar-refractivity contribution in [3.63, 3.8) is 0 Å². The number of nitrogens with zero attached hydrogens (tertiary/aromatic N) is 1. The van der Waals surface area contributed by atoms with E-state index in [1.165, 1.54) is 0 Å². The molecule has 0 aliphatic carbocycles. The summed E-state index contributed by atoms with van der Waals surface area (Å²) in [6.07, 6.45) is 0. The van der Waals surface area contributed by atoms with Gasteiger partial charge in [0.1, 0.15) is 5.60 Å². The molecule has 100 valence electrons. The van der Waals surface area contributed by atoms with Gasteiger partial charge in [-0.15, -0.1) is 0 Å². The lowest BCUT2D eigenvalue weighted by Gasteiger charge is -2.45. The maximum absolute atomic E-state index is 10.8. The van der Waals surface area contributed by atoms with Crippen molar-refractivity contribution in [2.24, 2.45) is 0 Å². The summed E-state index contributed by atoms with van der Waals surface area (Å²) in [6.45, 7) is 11.3. The Bertz CT molecular complexity index is 298. The first-order valence-electron chi connectivity index (χ1n) is 6.45. The van der Waals surface area contributed by atoms with Gasteiger partial charge in [0.15, 0.2) is 0 Å². The molecule has 17 heavy (non-hydrogen) atoms. The van der Waals surface area contributed by atoms with Crippen LogP contribution in [0, 0.1) is 0 Å². The lowest BCUT2D eigenvalue weighted by atomic mass is 9.87. The van der Waals surface area contributed by atoms with E-state index in [1.54, 1.807) is 13.8 Å². The highest BCUT2D eigenvalue weighted by Gasteiger charge is 2.63. The van der Waals surface area contributed by atoms with Crippen LogP contribution in [0.4, 0.5) is 0 Å². The molecule has 0 aromatic carbocycles. The van der Waals surface area contributed by atoms with Gasteiger partial charge in [0.05, 0.1) is 26.9 Å². The number of rotatable bonds is 1. The molecule has 2 aliphatic heterocycles. The summed E-state index contributed by atoms with van der Waals surface area (Å²) in [5, 5.41) is 21.3. The molecule has 4 nitrogen and oxygen atoms in total. The van der Waals surface area contributed by atoms with Gasteiger partial charge in [-0.2, -0.15) is 0 Å². The van der Waals surface area contributed by atoms with Gasteiger partial charge < -0.3 is 14.9 Å². The van der Waals surface area contributed by atoms with E-state index in [1.807, 2.05) is 0 Å². The number of aliphatic hydroxyl groups is 2. The van der Waals surface area contributed by atoms with E-state index in [0.29, 0.717) is 0 Å². The lowest BCUT2D eigenvalue weighted by Crippen LogP contribution is -2.63. The third-order valence-electron chi connectivity index (χ3n) is 4.57. The second kappa shape index (κ2) is 4.03. The number of hydrogen-bond donors (Lipinski definition) is 2. The fourth-order valence-electron chi connectivity index (χ4n) is 3.90. The molecule has 2 saturated heterocycles. The largest absolute Gasteiger partial charge is 0.387 e. The van der Waals surface area contributed by atoms with Crippen LogP contribution in [-0.2, 0) is 4.74 Å². The molecular weight excluding hydrogens is 234 g/mol. The van der Waals surface area contributed by atoms with Gasteiger partial charge >= 0.3 is 0 Å². The van der Waals surface area contributed by atoms with E-state index in [-0.39, 0.29) is 5.67 Å². The first-order chi connectivity index (χ1) is 7.68. The van der Waals surface area contributed by atoms with Gasteiger partial charge in [0.2, 0.25) is 0 Å². The average Bonchev–Trinajstić information content (AvgIpc) is 2.28. The van der Waals surface area contributed by atoms with Crippen LogP contribution in [0.5, 0.6) is 0 Å². The predicted octanol–water partition coefficient (Wildman–Crippen LogP) is 0.450. The third-order valence-corrected chi connectivity index (χ3v) is 8.58. The Morgan fingerprint density at radius 3 is 2.12 bits per heavy atom. The summed E-state index contributed by atoms with van der Waals surface area (Å²) < 4.78 is 5.38. The smallest absolute Gasteiger partial charge is 0.103 e. The van der Waals surface area contributed by atoms with Crippen LogP contribution < -0.4 is 0 Å². The number of morpholine rings is 1. The summed E-state index contributed by atoms with van der Waals surface area (Å²) in [5.41, 5.74) is -1.86. The highest BCUT2D eigenvalue weighted by Crippen LogP contribution is 2.47. The summed E-state index contributed by atoms with van der Waals surface area (Å²) in [7, 11) is -1.66. The van der Waals surface area contributed by atoms with Crippen LogP contribution in [0.3, 0.4) is 0 Å². The fourth-order valence-corrected chi connectivity index (χ4v) is 9.31. The van der Waals surface area contributed by atoms with Crippen molar-refractivity contribution in [1.82, 2.24) is 4.90 Å². The zero-order valence-corrected chi connectivity index (χ0v) is 12.4. The van der Waals surface area contributed by atoms with Gasteiger partial charge in [-0.3, -0.25) is 4.90 Å². The van der Waals surface area contributed by atoms with E-state index < -0.39 is 19.3 Å². The molecule has 2 aliphatic rings. The standard InChI is InChI=1S/C12H25NO3Si/c1-11(14)9-17(3,4)10(12(11,2)15)13-5-7-16-8-6-13/h10,14-15H,5-9H2,1-4H3/t10-,11-,12+/m0/s1. The van der Waals surface area contributed by atoms with E-state index in [2.05, 4.69) is 18.0 Å². The minimum atomic E-state index is -1.66. The highest BCUT2D eigenvalue weighted by molar-refractivity contribution is 6.80. The van der Waals surface area contributed by atoms with Crippen molar-refractivity contribution in [3.05, 3.63) is 0 Å². The van der Waals surface area contributed by atoms with Crippen molar-refractivity contribution >= 4 is 8.07 Å². The van der Waals surface area contributed by atoms with Crippen molar-refractivity contribution in [1.29, 1.82) is 0 Å². The molecule has 2 rings (SSSR count). The zero-order valence-electron chi connectivity index (χ0n) is 11.4. The highest BCUT2D eigenvalue weighted by atomic mass is 28.3. The van der Waals surface area contributed by atoms with E-state index in [9.17, 15) is 10.2 Å². The zero-order chi connectivity index (χ0) is 12.9. The summed E-state index contributed by atoms with van der Waals surface area (Å²) in [6, 6.07) is 0.759. The molecule has 0 saturated carbocycles. The number of ether oxygens (including phenoxy) is 1. The minimum absolute atomic E-state index is 0.119. The summed E-state index contributed by atoms with van der Waals surface area (Å²) in [5.74, 6) is 0. The molecule has 0 aromatic heterocycles. The summed E-state index contributed by atoms with van der Waals surface area (Å²) >= 11 is 0. The second-order valence-electron chi connectivity index (χ2n) is 6.64. The molecule has 0 spiro atoms. The molecule has 0 unspecified atom stereocenters. The van der Waals surface area contributed by atoms with Crippen LogP contribution in [0.25, 0.3) is 0 Å². The molecule has 0 bridgehead atoms. The predicted molar refractivity (Wildman–Crippen MR) is 69.7 cm³/mol. The maximum atomic E-state index is 10.8. The molecule has 2 heterocycles. The first-order valence-corrected chi connectivity index (χ1v) is 9.73. The van der Waals surface area contributed by atoms with Gasteiger partial charge in [-0.1, -0.05) is 13.1 Å². The molecule has 0 aromatic rings. The topological polar surface area (TPSA) is 52.9 Å². The van der Waals surface area contributed by atoms with Gasteiger partial charge in [0.25, 0.3) is 0 Å². The van der Waals surface area contributed by atoms with Crippen LogP contribution in [-0.4, -0.2) is 66.4 Å². The molecule has 3 atom stereocenters. The average molecular weight is 259 g/mol. The molecule has 0 amide bonds. The molecule has 2 N–H and O–H groups in total. The SMILES string of the molecule is C[C@]1(O)C[Si](C)(C)[C@H](N2CCOCC2)[C@@]1(C)O. The first kappa shape index (κ1) is 13.5. The fraction of sp³-hybridized carbons (Fsp3) is 1.00. The Kier molecular flexibility index (Phi) is 3.20. The Morgan fingerprint density at radius 1 is 1.18 bits per heavy atom. The maximum Gasteiger partial charge on any atom is 0.103 e. The van der Waals surface area contributed by atoms with E-state index in [0.717, 1.165) is 32.3 Å². The lowest BCUT2D eigenvalue weighted by molar-refractivity contribution is -0.137. The Hall–Kier alpha value is 0.0569. The minimum Gasteiger partial charge on any atom is -0.387 e. The van der Waals surface area contributed by atoms with Gasteiger partial charge in [0, 0.05) is 18.8 Å². The third kappa shape index (κ3) is 2.08. The molecule has 5 heteroatoms. The normalized spacial score (nSPS) is 47.3. The quantitative estimate of drug-likeness (QED) is 0.672. The van der Waals surface area contributed by atoms with Crippen LogP contribution >= 0.6 is 0 Å². The van der Waals surface area contributed by atoms with Crippen molar-refractivity contribution in [2.75, 3.05) is 26.3 Å². The molecular formula is C12H25NO3Si. The Balaban J connectivity index is 2.29. The van der Waals surface area contributed by atoms with Crippen LogP contribution in [0.2, 0.25) is 19.1 Å². The van der Waals surface area contributed by atoms with E-state index >= 15 is 0 Å². The van der Waals surface area contributed by atoms with E-state index in [4.69, 9.17) is 4.74 Å². The monoisotopic (exact) mass is 259 g/mol.